The standard InChI is InChI=1S/C49H69N5O8S2.C45H69N5O3S2/c1-6-7-8-9-10-11-12-13-14-15-16-17-18-19-20-23-33-53-45(50-40-25-21-22-26-43(40)64(53,58)59)44(54-47(56)48(61-5)52(3)49(54)57)46(55)51-41-36-37(2)27-32-42(41)63-35-24-34-62-39-30-28-38(60-4)29-31-39;1-4-6-8-10-12-13-14-15-16-17-18-19-20-21-22-26-33-50-44(47-39-28-24-25-29-42(39)55(50,52)53)43(49-34-32-46-37-49)45(51)48-40-36-38(3)30-31-41(40)54-35-27-23-11-9-7-5-2/h21-22,25-32,36,44,48H,6-20,23-24,33-35H2,1-5H3,(H,51,55);24-25,28-32,34,36-37,43H,4-23,26-27,33,35H2,1-3H3,(H,48,51). The normalized spacial score (nSPS) is 15.2. The number of hydrogen-bond acceptors (Lipinski definition) is 16. The Labute approximate surface area is 721 Å². The molecule has 1 saturated heterocycles. The Bertz CT molecular complexity index is 4330. The Kier molecular flexibility index (Phi) is 43.3. The van der Waals surface area contributed by atoms with Gasteiger partial charge in [0.2, 0.25) is 6.23 Å². The number of amides is 5. The molecule has 5 amide bonds. The molecule has 0 aliphatic carbocycles. The number of sulfonamides is 2. The summed E-state index contributed by atoms with van der Waals surface area (Å²) in [5.74, 6) is 1.14. The first kappa shape index (κ1) is 96.7. The third-order valence-corrected chi connectivity index (χ3v) is 28.3. The molecule has 3 unspecified atom stereocenters. The van der Waals surface area contributed by atoms with Crippen LogP contribution in [0, 0.1) is 13.8 Å². The summed E-state index contributed by atoms with van der Waals surface area (Å²) >= 11 is 3.27. The van der Waals surface area contributed by atoms with Gasteiger partial charge in [-0.3, -0.25) is 27.9 Å². The number of hydrogen-bond donors (Lipinski definition) is 2. The van der Waals surface area contributed by atoms with Crippen molar-refractivity contribution in [2.75, 3.05) is 63.1 Å². The second kappa shape index (κ2) is 53.2. The first-order valence-electron chi connectivity index (χ1n) is 44.7. The highest BCUT2D eigenvalue weighted by Crippen LogP contribution is 2.40. The van der Waals surface area contributed by atoms with E-state index >= 15 is 0 Å². The van der Waals surface area contributed by atoms with Crippen LogP contribution >= 0.6 is 23.5 Å². The van der Waals surface area contributed by atoms with Crippen molar-refractivity contribution in [1.82, 2.24) is 28.0 Å². The molecular weight excluding hydrogens is 1570 g/mol. The third-order valence-electron chi connectivity index (χ3n) is 22.3. The summed E-state index contributed by atoms with van der Waals surface area (Å²) in [5, 5.41) is 6.17. The van der Waals surface area contributed by atoms with E-state index in [1.165, 1.54) is 216 Å². The number of anilines is 2. The van der Waals surface area contributed by atoms with Crippen molar-refractivity contribution in [3.05, 3.63) is 139 Å². The minimum Gasteiger partial charge on any atom is -0.497 e. The lowest BCUT2D eigenvalue weighted by atomic mass is 10.0. The monoisotopic (exact) mass is 1710 g/mol. The number of imide groups is 1. The number of methoxy groups -OCH3 is 2. The van der Waals surface area contributed by atoms with Crippen molar-refractivity contribution < 1.29 is 50.2 Å². The molecular formula is C94H138N10O11S4. The lowest BCUT2D eigenvalue weighted by Gasteiger charge is -2.35. The van der Waals surface area contributed by atoms with Crippen LogP contribution in [-0.4, -0.2) is 145 Å². The number of rotatable bonds is 58. The van der Waals surface area contributed by atoms with Crippen molar-refractivity contribution in [3.63, 3.8) is 0 Å². The van der Waals surface area contributed by atoms with Crippen LogP contribution in [0.2, 0.25) is 0 Å². The van der Waals surface area contributed by atoms with Gasteiger partial charge in [0.25, 0.3) is 37.8 Å². The van der Waals surface area contributed by atoms with E-state index in [4.69, 9.17) is 24.2 Å². The molecule has 4 heterocycles. The first-order valence-corrected chi connectivity index (χ1v) is 49.6. The zero-order valence-corrected chi connectivity index (χ0v) is 75.9. The van der Waals surface area contributed by atoms with Gasteiger partial charge in [0.15, 0.2) is 23.8 Å². The Morgan fingerprint density at radius 1 is 0.471 bits per heavy atom. The molecule has 0 saturated carbocycles. The molecule has 5 aromatic carbocycles. The van der Waals surface area contributed by atoms with E-state index < -0.39 is 56.2 Å². The maximum Gasteiger partial charge on any atom is 0.330 e. The number of aromatic nitrogens is 2. The zero-order chi connectivity index (χ0) is 85.0. The van der Waals surface area contributed by atoms with Gasteiger partial charge in [-0.25, -0.2) is 41.5 Å². The number of amidine groups is 2. The largest absolute Gasteiger partial charge is 0.497 e. The van der Waals surface area contributed by atoms with Crippen LogP contribution in [0.25, 0.3) is 0 Å². The Morgan fingerprint density at radius 3 is 1.24 bits per heavy atom. The van der Waals surface area contributed by atoms with Crippen LogP contribution in [0.1, 0.15) is 288 Å². The van der Waals surface area contributed by atoms with Crippen molar-refractivity contribution in [2.24, 2.45) is 9.98 Å². The predicted molar refractivity (Wildman–Crippen MR) is 487 cm³/mol. The average Bonchev–Trinajstić information content (AvgIpc) is 1.34. The lowest BCUT2D eigenvalue weighted by molar-refractivity contribution is -0.141. The molecule has 654 valence electrons. The molecule has 9 rings (SSSR count). The Balaban J connectivity index is 0.000000300. The fourth-order valence-electron chi connectivity index (χ4n) is 15.5. The maximum atomic E-state index is 14.9. The van der Waals surface area contributed by atoms with Crippen molar-refractivity contribution in [1.29, 1.82) is 0 Å². The highest BCUT2D eigenvalue weighted by atomic mass is 32.2. The highest BCUT2D eigenvalue weighted by Gasteiger charge is 2.54. The number of ether oxygens (including phenoxy) is 3. The molecule has 0 radical (unpaired) electrons. The fraction of sp³-hybridized carbons (Fsp3) is 0.585. The summed E-state index contributed by atoms with van der Waals surface area (Å²) in [6.45, 7) is 11.4. The smallest absolute Gasteiger partial charge is 0.330 e. The van der Waals surface area contributed by atoms with E-state index in [-0.39, 0.29) is 46.1 Å². The number of nitrogens with one attached hydrogen (secondary N) is 2. The van der Waals surface area contributed by atoms with Gasteiger partial charge >= 0.3 is 6.03 Å². The summed E-state index contributed by atoms with van der Waals surface area (Å²) in [6.07, 6.45) is 50.3. The second-order valence-electron chi connectivity index (χ2n) is 32.0. The number of aliphatic imine (C=N–C) groups is 2. The highest BCUT2D eigenvalue weighted by molar-refractivity contribution is 7.99. The topological polar surface area (TPSA) is 244 Å². The van der Waals surface area contributed by atoms with Gasteiger partial charge in [0.05, 0.1) is 42.8 Å². The fourth-order valence-corrected chi connectivity index (χ4v) is 20.6. The van der Waals surface area contributed by atoms with Crippen LogP contribution in [0.3, 0.4) is 0 Å². The van der Waals surface area contributed by atoms with Gasteiger partial charge in [0.1, 0.15) is 21.3 Å². The zero-order valence-electron chi connectivity index (χ0n) is 72.7. The number of aryl methyl sites for hydroxylation is 2. The number of benzene rings is 5. The van der Waals surface area contributed by atoms with E-state index in [1.54, 1.807) is 84.6 Å². The number of likely N-dealkylation sites (N-methyl/N-ethyl adjacent to an activating group) is 1. The van der Waals surface area contributed by atoms with Crippen molar-refractivity contribution in [3.8, 4) is 11.5 Å². The van der Waals surface area contributed by atoms with Gasteiger partial charge in [-0.05, 0) is 129 Å². The lowest BCUT2D eigenvalue weighted by Crippen LogP contribution is -2.58. The van der Waals surface area contributed by atoms with Gasteiger partial charge in [-0.15, -0.1) is 23.5 Å². The molecule has 1 fully saturated rings. The van der Waals surface area contributed by atoms with E-state index in [1.807, 2.05) is 62.4 Å². The SMILES string of the molecule is CCCCCCCCCCCCCCCCCCN1C(C(C(=O)Nc2cc(C)ccc2SCCCCCCCC)n2ccnc2)=Nc2ccccc2S1(=O)=O.CCCCCCCCCCCCCCCCCCN1C(C(C(=O)Nc2cc(C)ccc2SCCCOc2ccc(OC)cc2)N2C(=O)C(OC)N(C)C2=O)=Nc2ccccc2S1(=O)=O. The minimum atomic E-state index is -4.25. The van der Waals surface area contributed by atoms with Crippen LogP contribution in [0.5, 0.6) is 11.5 Å². The number of unbranched alkanes of at least 4 members (excludes halogenated alkanes) is 35. The van der Waals surface area contributed by atoms with Gasteiger partial charge in [-0.1, -0.05) is 282 Å². The molecule has 0 bridgehead atoms. The third kappa shape index (κ3) is 30.4. The summed E-state index contributed by atoms with van der Waals surface area (Å²) in [5.41, 5.74) is 3.56. The summed E-state index contributed by atoms with van der Waals surface area (Å²) < 4.78 is 78.3. The van der Waals surface area contributed by atoms with E-state index in [9.17, 15) is 36.0 Å². The number of thioether (sulfide) groups is 2. The van der Waals surface area contributed by atoms with Crippen molar-refractivity contribution in [2.45, 2.75) is 323 Å². The first-order chi connectivity index (χ1) is 57.9. The average molecular weight is 1710 g/mol. The minimum absolute atomic E-state index is 0.00583. The van der Waals surface area contributed by atoms with Crippen LogP contribution in [-0.2, 0) is 39.2 Å². The molecule has 6 aromatic rings. The maximum absolute atomic E-state index is 14.9. The van der Waals surface area contributed by atoms with Gasteiger partial charge in [0, 0.05) is 55.2 Å². The molecule has 25 heteroatoms. The number of carbonyl (C=O) groups excluding carboxylic acids is 4. The van der Waals surface area contributed by atoms with Gasteiger partial charge < -0.3 is 29.4 Å². The summed E-state index contributed by atoms with van der Waals surface area (Å²) in [7, 11) is -3.89. The molecule has 21 nitrogen and oxygen atoms in total. The second-order valence-corrected chi connectivity index (χ2v) is 37.9. The van der Waals surface area contributed by atoms with E-state index in [0.29, 0.717) is 43.0 Å². The van der Waals surface area contributed by atoms with Gasteiger partial charge in [-0.2, -0.15) is 0 Å². The number of imidazole rings is 1. The Hall–Kier alpha value is -7.71. The molecule has 3 aliphatic heterocycles. The molecule has 1 aromatic heterocycles. The molecule has 119 heavy (non-hydrogen) atoms. The number of fused-ring (bicyclic) bond motifs is 2. The van der Waals surface area contributed by atoms with Crippen LogP contribution in [0.15, 0.2) is 157 Å². The number of urea groups is 1. The quantitative estimate of drug-likeness (QED) is 0.0205. The molecule has 0 spiro atoms. The van der Waals surface area contributed by atoms with Crippen molar-refractivity contribution >= 4 is 102 Å². The summed E-state index contributed by atoms with van der Waals surface area (Å²) in [4.78, 5) is 75.0. The van der Waals surface area contributed by atoms with E-state index in [0.717, 1.165) is 109 Å². The molecule has 3 aliphatic rings. The number of nitrogens with zero attached hydrogens (tertiary/aromatic N) is 8. The molecule has 2 N–H and O–H groups in total. The van der Waals surface area contributed by atoms with Crippen LogP contribution in [0.4, 0.5) is 27.5 Å². The Morgan fingerprint density at radius 2 is 0.849 bits per heavy atom. The number of carbonyl (C=O) groups is 4. The predicted octanol–water partition coefficient (Wildman–Crippen LogP) is 23.6. The number of para-hydroxylation sites is 2. The van der Waals surface area contributed by atoms with E-state index in [2.05, 4.69) is 48.5 Å². The van der Waals surface area contributed by atoms with Crippen LogP contribution < -0.4 is 20.1 Å². The molecule has 3 atom stereocenters. The summed E-state index contributed by atoms with van der Waals surface area (Å²) in [6, 6.07) is 28.7.